The minimum atomic E-state index is 0.372. The molecule has 0 spiro atoms. The van der Waals surface area contributed by atoms with Gasteiger partial charge in [-0.25, -0.2) is 0 Å². The quantitative estimate of drug-likeness (QED) is 0.825. The molecule has 0 bridgehead atoms. The summed E-state index contributed by atoms with van der Waals surface area (Å²) in [4.78, 5) is 0. The Morgan fingerprint density at radius 1 is 1.13 bits per heavy atom. The molecule has 3 nitrogen and oxygen atoms in total. The van der Waals surface area contributed by atoms with Crippen LogP contribution in [0.2, 0.25) is 5.02 Å². The molecular weight excluding hydrogens is 310 g/mol. The van der Waals surface area contributed by atoms with Crippen molar-refractivity contribution in [1.82, 2.24) is 5.32 Å². The van der Waals surface area contributed by atoms with E-state index in [2.05, 4.69) is 17.4 Å². The second-order valence-corrected chi connectivity index (χ2v) is 6.27. The van der Waals surface area contributed by atoms with Crippen LogP contribution < -0.4 is 10.1 Å². The first kappa shape index (κ1) is 16.3. The van der Waals surface area contributed by atoms with Crippen molar-refractivity contribution in [3.05, 3.63) is 64.7 Å². The number of rotatable bonds is 7. The first-order chi connectivity index (χ1) is 11.3. The lowest BCUT2D eigenvalue weighted by Gasteiger charge is -2.12. The summed E-state index contributed by atoms with van der Waals surface area (Å²) in [5.74, 6) is 0.876. The van der Waals surface area contributed by atoms with Crippen molar-refractivity contribution >= 4 is 11.6 Å². The van der Waals surface area contributed by atoms with Crippen LogP contribution in [0.25, 0.3) is 0 Å². The number of benzene rings is 2. The Morgan fingerprint density at radius 2 is 2.00 bits per heavy atom. The molecule has 1 fully saturated rings. The first-order valence-corrected chi connectivity index (χ1v) is 8.46. The Kier molecular flexibility index (Phi) is 5.92. The zero-order valence-electron chi connectivity index (χ0n) is 13.1. The maximum absolute atomic E-state index is 5.99. The summed E-state index contributed by atoms with van der Waals surface area (Å²) in [5.41, 5.74) is 2.28. The van der Waals surface area contributed by atoms with Gasteiger partial charge in [-0.05, 0) is 48.2 Å². The third kappa shape index (κ3) is 5.24. The van der Waals surface area contributed by atoms with Crippen LogP contribution in [0.4, 0.5) is 0 Å². The van der Waals surface area contributed by atoms with Gasteiger partial charge in [0.1, 0.15) is 12.4 Å². The molecule has 1 aliphatic rings. The van der Waals surface area contributed by atoms with Crippen LogP contribution in [0.15, 0.2) is 48.5 Å². The molecule has 0 aliphatic carbocycles. The summed E-state index contributed by atoms with van der Waals surface area (Å²) in [7, 11) is 0. The average Bonchev–Trinajstić information content (AvgIpc) is 3.07. The normalized spacial score (nSPS) is 17.3. The molecule has 2 aromatic rings. The molecular formula is C19H22ClNO2. The maximum Gasteiger partial charge on any atom is 0.120 e. The Balaban J connectivity index is 1.48. The highest BCUT2D eigenvalue weighted by molar-refractivity contribution is 6.30. The molecule has 1 heterocycles. The molecule has 122 valence electrons. The van der Waals surface area contributed by atoms with E-state index in [1.165, 1.54) is 12.0 Å². The zero-order chi connectivity index (χ0) is 15.9. The third-order valence-electron chi connectivity index (χ3n) is 3.92. The van der Waals surface area contributed by atoms with Gasteiger partial charge in [0.05, 0.1) is 6.10 Å². The van der Waals surface area contributed by atoms with Gasteiger partial charge in [-0.15, -0.1) is 0 Å². The summed E-state index contributed by atoms with van der Waals surface area (Å²) in [6.45, 7) is 3.16. The molecule has 1 N–H and O–H groups in total. The summed E-state index contributed by atoms with van der Waals surface area (Å²) in [6, 6.07) is 15.9. The van der Waals surface area contributed by atoms with Crippen molar-refractivity contribution in [2.45, 2.75) is 32.1 Å². The first-order valence-electron chi connectivity index (χ1n) is 8.08. The van der Waals surface area contributed by atoms with Gasteiger partial charge in [0.2, 0.25) is 0 Å². The second-order valence-electron chi connectivity index (χ2n) is 5.83. The summed E-state index contributed by atoms with van der Waals surface area (Å²) < 4.78 is 11.5. The van der Waals surface area contributed by atoms with Crippen LogP contribution in [0.5, 0.6) is 5.75 Å². The van der Waals surface area contributed by atoms with Gasteiger partial charge in [-0.1, -0.05) is 35.9 Å². The zero-order valence-corrected chi connectivity index (χ0v) is 13.9. The minimum absolute atomic E-state index is 0.372. The average molecular weight is 332 g/mol. The smallest absolute Gasteiger partial charge is 0.120 e. The van der Waals surface area contributed by atoms with Crippen LogP contribution in [0, 0.1) is 0 Å². The summed E-state index contributed by atoms with van der Waals surface area (Å²) >= 11 is 5.99. The van der Waals surface area contributed by atoms with Gasteiger partial charge >= 0.3 is 0 Å². The van der Waals surface area contributed by atoms with Crippen molar-refractivity contribution < 1.29 is 9.47 Å². The molecule has 1 saturated heterocycles. The number of hydrogen-bond acceptors (Lipinski definition) is 3. The molecule has 0 saturated carbocycles. The Bertz CT molecular complexity index is 626. The summed E-state index contributed by atoms with van der Waals surface area (Å²) in [5, 5.41) is 4.19. The highest BCUT2D eigenvalue weighted by Crippen LogP contribution is 2.17. The highest BCUT2D eigenvalue weighted by atomic mass is 35.5. The van der Waals surface area contributed by atoms with Crippen molar-refractivity contribution in [2.75, 3.05) is 13.2 Å². The largest absolute Gasteiger partial charge is 0.489 e. The number of nitrogens with one attached hydrogen (secondary N) is 1. The van der Waals surface area contributed by atoms with E-state index in [9.17, 15) is 0 Å². The van der Waals surface area contributed by atoms with Crippen LogP contribution in [0.1, 0.15) is 24.0 Å². The lowest BCUT2D eigenvalue weighted by Crippen LogP contribution is -2.25. The fourth-order valence-electron chi connectivity index (χ4n) is 2.72. The van der Waals surface area contributed by atoms with Gasteiger partial charge in [0.25, 0.3) is 0 Å². The fourth-order valence-corrected chi connectivity index (χ4v) is 2.93. The van der Waals surface area contributed by atoms with E-state index in [1.807, 2.05) is 36.4 Å². The van der Waals surface area contributed by atoms with Crippen molar-refractivity contribution in [3.8, 4) is 5.75 Å². The molecule has 0 amide bonds. The van der Waals surface area contributed by atoms with E-state index < -0.39 is 0 Å². The topological polar surface area (TPSA) is 30.5 Å². The number of hydrogen-bond donors (Lipinski definition) is 1. The van der Waals surface area contributed by atoms with E-state index >= 15 is 0 Å². The van der Waals surface area contributed by atoms with Gasteiger partial charge in [0, 0.05) is 24.7 Å². The molecule has 0 unspecified atom stereocenters. The molecule has 1 aliphatic heterocycles. The van der Waals surface area contributed by atoms with Crippen molar-refractivity contribution in [1.29, 1.82) is 0 Å². The minimum Gasteiger partial charge on any atom is -0.489 e. The van der Waals surface area contributed by atoms with Gasteiger partial charge < -0.3 is 14.8 Å². The second kappa shape index (κ2) is 8.34. The van der Waals surface area contributed by atoms with Crippen LogP contribution in [-0.4, -0.2) is 19.3 Å². The number of ether oxygens (including phenoxy) is 2. The molecule has 1 atom stereocenters. The van der Waals surface area contributed by atoms with E-state index in [1.54, 1.807) is 0 Å². The lowest BCUT2D eigenvalue weighted by atomic mass is 10.2. The highest BCUT2D eigenvalue weighted by Gasteiger charge is 2.14. The molecule has 2 aromatic carbocycles. The Morgan fingerprint density at radius 3 is 2.83 bits per heavy atom. The predicted molar refractivity (Wildman–Crippen MR) is 92.9 cm³/mol. The summed E-state index contributed by atoms with van der Waals surface area (Å²) in [6.07, 6.45) is 2.71. The van der Waals surface area contributed by atoms with Crippen LogP contribution >= 0.6 is 11.6 Å². The third-order valence-corrected chi connectivity index (χ3v) is 4.15. The number of halogens is 1. The molecule has 4 heteroatoms. The molecule has 3 rings (SSSR count). The van der Waals surface area contributed by atoms with Crippen LogP contribution in [0.3, 0.4) is 0 Å². The standard InChI is InChI=1S/C19H22ClNO2/c20-17-6-1-5-16(10-17)14-23-18-7-2-4-15(11-18)12-21-13-19-8-3-9-22-19/h1-2,4-7,10-11,19,21H,3,8-9,12-14H2/t19-/m1/s1. The van der Waals surface area contributed by atoms with Gasteiger partial charge in [0.15, 0.2) is 0 Å². The van der Waals surface area contributed by atoms with E-state index in [4.69, 9.17) is 21.1 Å². The predicted octanol–water partition coefficient (Wildman–Crippen LogP) is 4.19. The van der Waals surface area contributed by atoms with E-state index in [-0.39, 0.29) is 0 Å². The SMILES string of the molecule is Clc1cccc(COc2cccc(CNC[C@H]3CCCO3)c2)c1. The van der Waals surface area contributed by atoms with Crippen molar-refractivity contribution in [2.24, 2.45) is 0 Å². The van der Waals surface area contributed by atoms with Gasteiger partial charge in [-0.2, -0.15) is 0 Å². The molecule has 0 aromatic heterocycles. The molecule has 0 radical (unpaired) electrons. The van der Waals surface area contributed by atoms with Gasteiger partial charge in [-0.3, -0.25) is 0 Å². The van der Waals surface area contributed by atoms with E-state index in [0.29, 0.717) is 12.7 Å². The lowest BCUT2D eigenvalue weighted by molar-refractivity contribution is 0.110. The Hall–Kier alpha value is -1.55. The van der Waals surface area contributed by atoms with E-state index in [0.717, 1.165) is 42.5 Å². The fraction of sp³-hybridized carbons (Fsp3) is 0.368. The Labute approximate surface area is 142 Å². The molecule has 23 heavy (non-hydrogen) atoms. The van der Waals surface area contributed by atoms with Crippen molar-refractivity contribution in [3.63, 3.8) is 0 Å². The monoisotopic (exact) mass is 331 g/mol. The maximum atomic E-state index is 5.99. The van der Waals surface area contributed by atoms with Crippen LogP contribution in [-0.2, 0) is 17.9 Å².